The van der Waals surface area contributed by atoms with Gasteiger partial charge >= 0.3 is 6.61 Å². The summed E-state index contributed by atoms with van der Waals surface area (Å²) in [6.45, 7) is 0.542. The third kappa shape index (κ3) is 2.99. The van der Waals surface area contributed by atoms with Gasteiger partial charge in [0.05, 0.1) is 6.10 Å². The minimum absolute atomic E-state index is 0.0689. The van der Waals surface area contributed by atoms with Gasteiger partial charge in [-0.2, -0.15) is 8.78 Å². The van der Waals surface area contributed by atoms with Gasteiger partial charge in [-0.3, -0.25) is 0 Å². The van der Waals surface area contributed by atoms with Gasteiger partial charge in [0.2, 0.25) is 0 Å². The molecule has 0 fully saturated rings. The van der Waals surface area contributed by atoms with Crippen LogP contribution < -0.4 is 4.74 Å². The van der Waals surface area contributed by atoms with Crippen molar-refractivity contribution in [3.63, 3.8) is 0 Å². The Kier molecular flexibility index (Phi) is 3.19. The predicted octanol–water partition coefficient (Wildman–Crippen LogP) is 2.16. The number of aliphatic hydroxyl groups excluding tert-OH is 1. The predicted molar refractivity (Wildman–Crippen MR) is 43.4 cm³/mol. The summed E-state index contributed by atoms with van der Waals surface area (Å²) in [7, 11) is 0. The average molecular weight is 187 g/mol. The van der Waals surface area contributed by atoms with Crippen LogP contribution in [0.5, 0.6) is 5.75 Å². The lowest BCUT2D eigenvalue weighted by molar-refractivity contribution is -0.0498. The van der Waals surface area contributed by atoms with Crippen molar-refractivity contribution >= 4 is 0 Å². The van der Waals surface area contributed by atoms with Crippen molar-refractivity contribution in [1.82, 2.24) is 0 Å². The lowest BCUT2D eigenvalue weighted by Gasteiger charge is -2.06. The molecule has 71 valence electrons. The summed E-state index contributed by atoms with van der Waals surface area (Å²) in [5.41, 5.74) is 0.557. The molecule has 0 saturated heterocycles. The van der Waals surface area contributed by atoms with Crippen LogP contribution in [-0.4, -0.2) is 11.7 Å². The smallest absolute Gasteiger partial charge is 0.387 e. The highest BCUT2D eigenvalue weighted by Crippen LogP contribution is 2.18. The fourth-order valence-corrected chi connectivity index (χ4v) is 0.871. The average Bonchev–Trinajstić information content (AvgIpc) is 2.04. The molecule has 0 aromatic heterocycles. The normalized spacial score (nSPS) is 13.0. The highest BCUT2D eigenvalue weighted by Gasteiger charge is 2.04. The second-order valence-electron chi connectivity index (χ2n) is 2.46. The van der Waals surface area contributed by atoms with Crippen molar-refractivity contribution in [1.29, 1.82) is 0 Å². The van der Waals surface area contributed by atoms with Crippen LogP contribution in [0.4, 0.5) is 8.78 Å². The van der Waals surface area contributed by atoms with E-state index >= 15 is 0 Å². The second kappa shape index (κ2) is 4.18. The molecule has 0 aliphatic heterocycles. The van der Waals surface area contributed by atoms with Crippen LogP contribution >= 0.6 is 0 Å². The first kappa shape index (κ1) is 9.92. The molecule has 2 nitrogen and oxygen atoms in total. The van der Waals surface area contributed by atoms with E-state index in [-0.39, 0.29) is 5.75 Å². The highest BCUT2D eigenvalue weighted by molar-refractivity contribution is 5.28. The fraction of sp³-hybridized carbons (Fsp3) is 0.222. The number of hydrogen-bond donors (Lipinski definition) is 1. The second-order valence-corrected chi connectivity index (χ2v) is 2.46. The number of hydrogen-bond acceptors (Lipinski definition) is 2. The number of rotatable bonds is 3. The Morgan fingerprint density at radius 2 is 1.77 bits per heavy atom. The Hall–Kier alpha value is -1.16. The zero-order valence-electron chi connectivity index (χ0n) is 6.78. The number of alkyl halides is 2. The van der Waals surface area contributed by atoms with Crippen LogP contribution in [0.2, 0.25) is 0 Å². The van der Waals surface area contributed by atoms with Gasteiger partial charge in [-0.15, -0.1) is 0 Å². The van der Waals surface area contributed by atoms with Crippen molar-refractivity contribution in [3.8, 4) is 5.75 Å². The summed E-state index contributed by atoms with van der Waals surface area (Å²) in [4.78, 5) is 0. The molecule has 1 N–H and O–H groups in total. The molecular formula is C9H9F2O2. The highest BCUT2D eigenvalue weighted by atomic mass is 19.3. The van der Waals surface area contributed by atoms with Crippen molar-refractivity contribution in [2.75, 3.05) is 0 Å². The lowest BCUT2D eigenvalue weighted by Crippen LogP contribution is -2.01. The molecule has 1 radical (unpaired) electrons. The molecule has 0 saturated carbocycles. The van der Waals surface area contributed by atoms with Crippen LogP contribution in [0, 0.1) is 6.92 Å². The maximum absolute atomic E-state index is 11.7. The molecule has 0 heterocycles. The van der Waals surface area contributed by atoms with Crippen molar-refractivity contribution in [2.24, 2.45) is 0 Å². The molecule has 1 atom stereocenters. The van der Waals surface area contributed by atoms with Crippen molar-refractivity contribution < 1.29 is 18.6 Å². The Morgan fingerprint density at radius 1 is 1.23 bits per heavy atom. The van der Waals surface area contributed by atoms with E-state index in [2.05, 4.69) is 11.7 Å². The number of halogens is 2. The maximum Gasteiger partial charge on any atom is 0.387 e. The third-order valence-corrected chi connectivity index (χ3v) is 1.49. The van der Waals surface area contributed by atoms with Crippen LogP contribution in [0.15, 0.2) is 24.3 Å². The van der Waals surface area contributed by atoms with E-state index < -0.39 is 12.7 Å². The quantitative estimate of drug-likeness (QED) is 0.785. The molecule has 4 heteroatoms. The minimum Gasteiger partial charge on any atom is -0.435 e. The zero-order valence-corrected chi connectivity index (χ0v) is 6.78. The minimum atomic E-state index is -2.82. The van der Waals surface area contributed by atoms with Crippen LogP contribution in [-0.2, 0) is 0 Å². The molecule has 0 aliphatic carbocycles. The molecule has 1 rings (SSSR count). The van der Waals surface area contributed by atoms with Gasteiger partial charge in [0.25, 0.3) is 0 Å². The Labute approximate surface area is 74.8 Å². The summed E-state index contributed by atoms with van der Waals surface area (Å²) in [5, 5.41) is 9.00. The van der Waals surface area contributed by atoms with Gasteiger partial charge in [-0.1, -0.05) is 12.1 Å². The number of ether oxygens (including phenoxy) is 1. The van der Waals surface area contributed by atoms with E-state index in [0.717, 1.165) is 0 Å². The van der Waals surface area contributed by atoms with Gasteiger partial charge in [0.15, 0.2) is 0 Å². The summed E-state index contributed by atoms with van der Waals surface area (Å²) >= 11 is 0. The van der Waals surface area contributed by atoms with Crippen LogP contribution in [0.1, 0.15) is 11.7 Å². The van der Waals surface area contributed by atoms with E-state index in [9.17, 15) is 8.78 Å². The Balaban J connectivity index is 2.70. The maximum atomic E-state index is 11.7. The molecule has 13 heavy (non-hydrogen) atoms. The fourth-order valence-electron chi connectivity index (χ4n) is 0.871. The molecule has 1 unspecified atom stereocenters. The largest absolute Gasteiger partial charge is 0.435 e. The molecular weight excluding hydrogens is 178 g/mol. The first-order valence-electron chi connectivity index (χ1n) is 3.65. The van der Waals surface area contributed by atoms with Gasteiger partial charge in [-0.05, 0) is 24.6 Å². The van der Waals surface area contributed by atoms with Crippen LogP contribution in [0.3, 0.4) is 0 Å². The molecule has 0 bridgehead atoms. The molecule has 1 aromatic carbocycles. The monoisotopic (exact) mass is 187 g/mol. The number of aliphatic hydroxyl groups is 1. The SMILES string of the molecule is [CH2]C(O)c1ccc(OC(F)F)cc1. The lowest BCUT2D eigenvalue weighted by atomic mass is 10.1. The standard InChI is InChI=1S/C9H9F2O2/c1-6(12)7-2-4-8(5-3-7)13-9(10)11/h2-6,9,12H,1H2. The van der Waals surface area contributed by atoms with Crippen LogP contribution in [0.25, 0.3) is 0 Å². The summed E-state index contributed by atoms with van der Waals surface area (Å²) in [6.07, 6.45) is -0.847. The summed E-state index contributed by atoms with van der Waals surface area (Å²) < 4.78 is 27.5. The third-order valence-electron chi connectivity index (χ3n) is 1.49. The topological polar surface area (TPSA) is 29.5 Å². The van der Waals surface area contributed by atoms with E-state index in [0.29, 0.717) is 5.56 Å². The van der Waals surface area contributed by atoms with E-state index in [1.165, 1.54) is 24.3 Å². The Bertz CT molecular complexity index is 257. The molecule has 0 spiro atoms. The Morgan fingerprint density at radius 3 is 2.15 bits per heavy atom. The van der Waals surface area contributed by atoms with Gasteiger partial charge in [0.1, 0.15) is 5.75 Å². The van der Waals surface area contributed by atoms with Gasteiger partial charge < -0.3 is 9.84 Å². The zero-order chi connectivity index (χ0) is 9.84. The first-order valence-corrected chi connectivity index (χ1v) is 3.65. The molecule has 1 aromatic rings. The van der Waals surface area contributed by atoms with E-state index in [1.54, 1.807) is 0 Å². The summed E-state index contributed by atoms with van der Waals surface area (Å²) in [5.74, 6) is 0.0689. The van der Waals surface area contributed by atoms with Crippen molar-refractivity contribution in [2.45, 2.75) is 12.7 Å². The van der Waals surface area contributed by atoms with Crippen molar-refractivity contribution in [3.05, 3.63) is 36.8 Å². The van der Waals surface area contributed by atoms with Gasteiger partial charge in [-0.25, -0.2) is 0 Å². The number of benzene rings is 1. The summed E-state index contributed by atoms with van der Waals surface area (Å²) in [6, 6.07) is 5.68. The molecule has 0 amide bonds. The molecule has 0 aliphatic rings. The van der Waals surface area contributed by atoms with E-state index in [4.69, 9.17) is 5.11 Å². The first-order chi connectivity index (χ1) is 6.09. The van der Waals surface area contributed by atoms with Gasteiger partial charge in [0, 0.05) is 0 Å². The van der Waals surface area contributed by atoms with E-state index in [1.807, 2.05) is 0 Å².